The molecule has 0 atom stereocenters. The Hall–Kier alpha value is -2.64. The third-order valence-corrected chi connectivity index (χ3v) is 5.97. The maximum absolute atomic E-state index is 13.1. The van der Waals surface area contributed by atoms with Gasteiger partial charge in [-0.25, -0.2) is 0 Å². The van der Waals surface area contributed by atoms with Gasteiger partial charge >= 0.3 is 12.4 Å². The zero-order valence-electron chi connectivity index (χ0n) is 17.6. The molecule has 0 radical (unpaired) electrons. The lowest BCUT2D eigenvalue weighted by Gasteiger charge is -2.34. The molecule has 4 heterocycles. The van der Waals surface area contributed by atoms with Crippen LogP contribution in [0, 0.1) is 5.92 Å². The number of rotatable bonds is 3. The summed E-state index contributed by atoms with van der Waals surface area (Å²) < 4.78 is 77.9. The topological polar surface area (TPSA) is 69.9 Å². The number of anilines is 1. The first-order chi connectivity index (χ1) is 15.5. The summed E-state index contributed by atoms with van der Waals surface area (Å²) in [6.07, 6.45) is -7.51. The van der Waals surface area contributed by atoms with Crippen LogP contribution in [0.4, 0.5) is 32.2 Å². The Kier molecular flexibility index (Phi) is 6.38. The molecular weight excluding hydrogens is 456 g/mol. The van der Waals surface area contributed by atoms with Gasteiger partial charge in [-0.3, -0.25) is 9.69 Å². The number of hydrogen-bond donors (Lipinski definition) is 0. The second-order valence-electron chi connectivity index (χ2n) is 8.31. The highest BCUT2D eigenvalue weighted by molar-refractivity contribution is 5.79. The quantitative estimate of drug-likeness (QED) is 0.631. The van der Waals surface area contributed by atoms with Gasteiger partial charge in [-0.15, -0.1) is 15.3 Å². The van der Waals surface area contributed by atoms with Crippen LogP contribution >= 0.6 is 0 Å². The largest absolute Gasteiger partial charge is 0.453 e. The van der Waals surface area contributed by atoms with Gasteiger partial charge in [-0.2, -0.15) is 30.9 Å². The molecule has 2 aliphatic heterocycles. The van der Waals surface area contributed by atoms with Crippen molar-refractivity contribution in [3.05, 3.63) is 18.0 Å². The van der Waals surface area contributed by atoms with Crippen molar-refractivity contribution in [2.45, 2.75) is 31.6 Å². The predicted molar refractivity (Wildman–Crippen MR) is 104 cm³/mol. The molecule has 182 valence electrons. The minimum absolute atomic E-state index is 0.0168. The van der Waals surface area contributed by atoms with E-state index in [4.69, 9.17) is 0 Å². The van der Waals surface area contributed by atoms with Crippen LogP contribution < -0.4 is 4.90 Å². The second-order valence-corrected chi connectivity index (χ2v) is 8.31. The molecular formula is C19H23F6N7O. The van der Waals surface area contributed by atoms with Crippen molar-refractivity contribution in [2.24, 2.45) is 5.92 Å². The average molecular weight is 479 g/mol. The molecule has 0 aliphatic carbocycles. The third kappa shape index (κ3) is 5.47. The van der Waals surface area contributed by atoms with Gasteiger partial charge in [0.1, 0.15) is 5.82 Å². The lowest BCUT2D eigenvalue weighted by Crippen LogP contribution is -2.44. The van der Waals surface area contributed by atoms with Crippen LogP contribution in [0.2, 0.25) is 0 Å². The van der Waals surface area contributed by atoms with E-state index in [0.717, 1.165) is 0 Å². The van der Waals surface area contributed by atoms with Crippen LogP contribution in [-0.2, 0) is 11.0 Å². The van der Waals surface area contributed by atoms with Crippen LogP contribution in [0.3, 0.4) is 0 Å². The molecule has 33 heavy (non-hydrogen) atoms. The average Bonchev–Trinajstić information content (AvgIpc) is 3.05. The molecule has 0 bridgehead atoms. The number of carbonyl (C=O) groups excluding carboxylic acids is 1. The van der Waals surface area contributed by atoms with Crippen molar-refractivity contribution >= 4 is 17.4 Å². The minimum Gasteiger partial charge on any atom is -0.355 e. The maximum atomic E-state index is 13.1. The fraction of sp³-hybridized carbons (Fsp3) is 0.684. The third-order valence-electron chi connectivity index (χ3n) is 5.97. The lowest BCUT2D eigenvalue weighted by molar-refractivity contribution is -0.147. The number of nitrogens with zero attached hydrogens (tertiary/aromatic N) is 7. The number of hydrogen-bond acceptors (Lipinski definition) is 6. The molecule has 2 aliphatic rings. The van der Waals surface area contributed by atoms with E-state index in [1.54, 1.807) is 15.9 Å². The van der Waals surface area contributed by atoms with E-state index in [1.165, 1.54) is 11.0 Å². The Labute approximate surface area is 185 Å². The summed E-state index contributed by atoms with van der Waals surface area (Å²) in [5.74, 6) is -1.23. The van der Waals surface area contributed by atoms with E-state index in [9.17, 15) is 31.1 Å². The summed E-state index contributed by atoms with van der Waals surface area (Å²) in [6, 6.07) is 2.97. The molecule has 2 aromatic heterocycles. The molecule has 2 saturated heterocycles. The zero-order valence-corrected chi connectivity index (χ0v) is 17.6. The highest BCUT2D eigenvalue weighted by Crippen LogP contribution is 2.29. The minimum atomic E-state index is -4.69. The van der Waals surface area contributed by atoms with E-state index in [0.29, 0.717) is 55.8 Å². The molecule has 0 spiro atoms. The SMILES string of the molecule is O=C(C1CCN(c2ccc3nnc(C(F)(F)F)n3n2)CC1)N1CCCN(CC(F)(F)F)CC1. The van der Waals surface area contributed by atoms with Gasteiger partial charge in [-0.05, 0) is 31.4 Å². The molecule has 0 aromatic carbocycles. The molecule has 0 unspecified atom stereocenters. The van der Waals surface area contributed by atoms with E-state index in [1.807, 2.05) is 0 Å². The molecule has 14 heteroatoms. The van der Waals surface area contributed by atoms with Gasteiger partial charge in [0.25, 0.3) is 5.82 Å². The Bertz CT molecular complexity index is 983. The van der Waals surface area contributed by atoms with Crippen LogP contribution in [0.5, 0.6) is 0 Å². The smallest absolute Gasteiger partial charge is 0.355 e. The van der Waals surface area contributed by atoms with Crippen LogP contribution in [0.25, 0.3) is 5.65 Å². The van der Waals surface area contributed by atoms with Crippen molar-refractivity contribution in [3.8, 4) is 0 Å². The van der Waals surface area contributed by atoms with Crippen LogP contribution in [-0.4, -0.2) is 87.5 Å². The highest BCUT2D eigenvalue weighted by atomic mass is 19.4. The second kappa shape index (κ2) is 8.95. The zero-order chi connectivity index (χ0) is 23.8. The summed E-state index contributed by atoms with van der Waals surface area (Å²) in [4.78, 5) is 17.7. The van der Waals surface area contributed by atoms with Gasteiger partial charge in [0.15, 0.2) is 5.65 Å². The van der Waals surface area contributed by atoms with Gasteiger partial charge in [0.2, 0.25) is 5.91 Å². The lowest BCUT2D eigenvalue weighted by atomic mass is 9.95. The van der Waals surface area contributed by atoms with Crippen LogP contribution in [0.15, 0.2) is 12.1 Å². The summed E-state index contributed by atoms with van der Waals surface area (Å²) in [7, 11) is 0. The van der Waals surface area contributed by atoms with E-state index in [2.05, 4.69) is 15.3 Å². The number of piperidine rings is 1. The van der Waals surface area contributed by atoms with Crippen LogP contribution in [0.1, 0.15) is 25.1 Å². The monoisotopic (exact) mass is 479 g/mol. The van der Waals surface area contributed by atoms with Crippen molar-refractivity contribution in [1.29, 1.82) is 0 Å². The Balaban J connectivity index is 1.35. The summed E-state index contributed by atoms with van der Waals surface area (Å²) in [5.41, 5.74) is -0.0168. The van der Waals surface area contributed by atoms with Crippen molar-refractivity contribution in [3.63, 3.8) is 0 Å². The van der Waals surface area contributed by atoms with Gasteiger partial charge in [-0.1, -0.05) is 0 Å². The molecule has 2 aromatic rings. The molecule has 8 nitrogen and oxygen atoms in total. The summed E-state index contributed by atoms with van der Waals surface area (Å²) in [6.45, 7) is 1.00. The molecule has 0 saturated carbocycles. The van der Waals surface area contributed by atoms with Crippen molar-refractivity contribution < 1.29 is 31.1 Å². The summed E-state index contributed by atoms with van der Waals surface area (Å²) in [5, 5.41) is 10.7. The molecule has 4 rings (SSSR count). The molecule has 1 amide bonds. The van der Waals surface area contributed by atoms with Crippen molar-refractivity contribution in [1.82, 2.24) is 29.6 Å². The number of alkyl halides is 6. The predicted octanol–water partition coefficient (Wildman–Crippen LogP) is 2.46. The molecule has 0 N–H and O–H groups in total. The van der Waals surface area contributed by atoms with Gasteiger partial charge in [0.05, 0.1) is 6.54 Å². The first-order valence-corrected chi connectivity index (χ1v) is 10.6. The first kappa shape index (κ1) is 23.5. The van der Waals surface area contributed by atoms with Gasteiger partial charge < -0.3 is 9.80 Å². The standard InChI is InChI=1S/C19H23F6N7O/c20-18(21,22)12-29-6-1-7-31(11-10-29)16(33)13-4-8-30(9-5-13)15-3-2-14-26-27-17(19(23,24)25)32(14)28-15/h2-3,13H,1,4-12H2. The fourth-order valence-electron chi connectivity index (χ4n) is 4.34. The number of fused-ring (bicyclic) bond motifs is 1. The highest BCUT2D eigenvalue weighted by Gasteiger charge is 2.38. The first-order valence-electron chi connectivity index (χ1n) is 10.6. The van der Waals surface area contributed by atoms with Crippen molar-refractivity contribution in [2.75, 3.05) is 50.7 Å². The maximum Gasteiger partial charge on any atom is 0.453 e. The number of carbonyl (C=O) groups is 1. The summed E-state index contributed by atoms with van der Waals surface area (Å²) >= 11 is 0. The Morgan fingerprint density at radius 1 is 0.939 bits per heavy atom. The Morgan fingerprint density at radius 3 is 2.33 bits per heavy atom. The fourth-order valence-corrected chi connectivity index (χ4v) is 4.34. The van der Waals surface area contributed by atoms with E-state index < -0.39 is 24.7 Å². The number of halogens is 6. The van der Waals surface area contributed by atoms with Gasteiger partial charge in [0, 0.05) is 45.2 Å². The van der Waals surface area contributed by atoms with E-state index in [-0.39, 0.29) is 30.6 Å². The van der Waals surface area contributed by atoms with E-state index >= 15 is 0 Å². The molecule has 2 fully saturated rings. The number of amides is 1. The number of aromatic nitrogens is 4. The normalized spacial score (nSPS) is 19.8. The Morgan fingerprint density at radius 2 is 1.67 bits per heavy atom.